The molecule has 0 heterocycles. The van der Waals surface area contributed by atoms with Crippen molar-refractivity contribution in [1.82, 2.24) is 10.2 Å². The molecule has 0 radical (unpaired) electrons. The maximum absolute atomic E-state index is 14.8. The van der Waals surface area contributed by atoms with Gasteiger partial charge in [-0.3, -0.25) is 13.9 Å². The second kappa shape index (κ2) is 16.5. The van der Waals surface area contributed by atoms with Crippen LogP contribution in [0.1, 0.15) is 31.9 Å². The molecule has 0 saturated carbocycles. The minimum Gasteiger partial charge on any atom is -0.495 e. The summed E-state index contributed by atoms with van der Waals surface area (Å²) < 4.78 is 46.3. The molecule has 10 nitrogen and oxygen atoms in total. The van der Waals surface area contributed by atoms with Gasteiger partial charge in [0.25, 0.3) is 10.0 Å². The van der Waals surface area contributed by atoms with Gasteiger partial charge in [-0.15, -0.1) is 0 Å². The molecule has 266 valence electrons. The number of benzene rings is 4. The van der Waals surface area contributed by atoms with Crippen molar-refractivity contribution < 1.29 is 32.2 Å². The Morgan fingerprint density at radius 3 is 1.96 bits per heavy atom. The number of anilines is 1. The van der Waals surface area contributed by atoms with Crippen LogP contribution in [0.2, 0.25) is 10.0 Å². The first kappa shape index (κ1) is 38.4. The Kier molecular flexibility index (Phi) is 12.7. The zero-order valence-corrected chi connectivity index (χ0v) is 31.1. The van der Waals surface area contributed by atoms with Crippen LogP contribution in [-0.2, 0) is 32.6 Å². The molecule has 1 atom stereocenters. The van der Waals surface area contributed by atoms with Crippen molar-refractivity contribution in [3.8, 4) is 17.2 Å². The van der Waals surface area contributed by atoms with E-state index in [1.165, 1.54) is 56.6 Å². The number of halogens is 2. The molecule has 50 heavy (non-hydrogen) atoms. The number of amides is 2. The predicted octanol–water partition coefficient (Wildman–Crippen LogP) is 6.77. The predicted molar refractivity (Wildman–Crippen MR) is 196 cm³/mol. The lowest BCUT2D eigenvalue weighted by Crippen LogP contribution is -2.56. The number of methoxy groups -OCH3 is 3. The lowest BCUT2D eigenvalue weighted by molar-refractivity contribution is -0.140. The van der Waals surface area contributed by atoms with E-state index in [-0.39, 0.29) is 40.1 Å². The van der Waals surface area contributed by atoms with Gasteiger partial charge in [0.2, 0.25) is 11.8 Å². The van der Waals surface area contributed by atoms with E-state index < -0.39 is 40.0 Å². The molecule has 0 unspecified atom stereocenters. The molecule has 0 aliphatic rings. The SMILES string of the molecule is COc1ccc(S(=O)(=O)N(CC(=O)N(Cc2ccc(Cl)cc2)[C@H](Cc2ccccc2)C(=O)NC(C)(C)C)c2cc(Cl)ccc2OC)cc1OC. The number of rotatable bonds is 14. The van der Waals surface area contributed by atoms with Crippen molar-refractivity contribution in [1.29, 1.82) is 0 Å². The van der Waals surface area contributed by atoms with Gasteiger partial charge >= 0.3 is 0 Å². The fourth-order valence-corrected chi connectivity index (χ4v) is 6.99. The maximum Gasteiger partial charge on any atom is 0.265 e. The monoisotopic (exact) mass is 741 g/mol. The summed E-state index contributed by atoms with van der Waals surface area (Å²) in [6, 6.07) is 23.7. The van der Waals surface area contributed by atoms with E-state index in [4.69, 9.17) is 37.4 Å². The third kappa shape index (κ3) is 9.62. The fourth-order valence-electron chi connectivity index (χ4n) is 5.27. The number of hydrogen-bond acceptors (Lipinski definition) is 7. The van der Waals surface area contributed by atoms with E-state index in [9.17, 15) is 18.0 Å². The van der Waals surface area contributed by atoms with E-state index in [1.54, 1.807) is 30.3 Å². The highest BCUT2D eigenvalue weighted by molar-refractivity contribution is 7.92. The number of carbonyl (C=O) groups is 2. The van der Waals surface area contributed by atoms with E-state index in [1.807, 2.05) is 51.1 Å². The van der Waals surface area contributed by atoms with Crippen LogP contribution in [0.5, 0.6) is 17.2 Å². The molecule has 2 amide bonds. The summed E-state index contributed by atoms with van der Waals surface area (Å²) in [5.41, 5.74) is 0.881. The van der Waals surface area contributed by atoms with Crippen LogP contribution in [-0.4, -0.2) is 64.6 Å². The van der Waals surface area contributed by atoms with Crippen LogP contribution in [0.25, 0.3) is 0 Å². The van der Waals surface area contributed by atoms with Gasteiger partial charge in [0, 0.05) is 34.6 Å². The number of sulfonamides is 1. The molecule has 0 aromatic heterocycles. The molecular formula is C37H41Cl2N3O7S. The number of nitrogens with one attached hydrogen (secondary N) is 1. The van der Waals surface area contributed by atoms with Crippen molar-refractivity contribution in [3.63, 3.8) is 0 Å². The summed E-state index contributed by atoms with van der Waals surface area (Å²) in [7, 11) is -0.300. The van der Waals surface area contributed by atoms with Gasteiger partial charge in [-0.1, -0.05) is 65.7 Å². The van der Waals surface area contributed by atoms with Gasteiger partial charge < -0.3 is 24.4 Å². The second-order valence-corrected chi connectivity index (χ2v) is 15.2. The molecule has 0 fully saturated rings. The first-order chi connectivity index (χ1) is 23.7. The summed E-state index contributed by atoms with van der Waals surface area (Å²) in [5.74, 6) is -0.419. The summed E-state index contributed by atoms with van der Waals surface area (Å²) >= 11 is 12.6. The van der Waals surface area contributed by atoms with Crippen molar-refractivity contribution in [2.24, 2.45) is 0 Å². The number of hydrogen-bond donors (Lipinski definition) is 1. The fraction of sp³-hybridized carbons (Fsp3) is 0.297. The third-order valence-corrected chi connectivity index (χ3v) is 9.91. The van der Waals surface area contributed by atoms with E-state index in [0.717, 1.165) is 9.87 Å². The van der Waals surface area contributed by atoms with E-state index >= 15 is 0 Å². The smallest absolute Gasteiger partial charge is 0.265 e. The zero-order chi connectivity index (χ0) is 36.6. The first-order valence-electron chi connectivity index (χ1n) is 15.6. The molecule has 0 bridgehead atoms. The van der Waals surface area contributed by atoms with Crippen LogP contribution in [0.4, 0.5) is 5.69 Å². The third-order valence-electron chi connectivity index (χ3n) is 7.67. The topological polar surface area (TPSA) is 114 Å². The highest BCUT2D eigenvalue weighted by Gasteiger charge is 2.37. The van der Waals surface area contributed by atoms with Crippen LogP contribution >= 0.6 is 23.2 Å². The van der Waals surface area contributed by atoms with Gasteiger partial charge in [-0.2, -0.15) is 0 Å². The Bertz CT molecular complexity index is 1900. The molecule has 4 aromatic carbocycles. The number of ether oxygens (including phenoxy) is 3. The summed E-state index contributed by atoms with van der Waals surface area (Å²) in [6.07, 6.45) is 0.158. The molecule has 0 aliphatic heterocycles. The molecule has 13 heteroatoms. The Morgan fingerprint density at radius 1 is 0.760 bits per heavy atom. The molecule has 0 spiro atoms. The summed E-state index contributed by atoms with van der Waals surface area (Å²) in [4.78, 5) is 30.1. The average Bonchev–Trinajstić information content (AvgIpc) is 3.08. The normalized spacial score (nSPS) is 12.1. The highest BCUT2D eigenvalue weighted by atomic mass is 35.5. The first-order valence-corrected chi connectivity index (χ1v) is 17.8. The Morgan fingerprint density at radius 2 is 1.36 bits per heavy atom. The van der Waals surface area contributed by atoms with Crippen molar-refractivity contribution in [3.05, 3.63) is 112 Å². The average molecular weight is 743 g/mol. The van der Waals surface area contributed by atoms with E-state index in [2.05, 4.69) is 5.32 Å². The summed E-state index contributed by atoms with van der Waals surface area (Å²) in [5, 5.41) is 3.72. The molecule has 0 aliphatic carbocycles. The molecule has 4 aromatic rings. The summed E-state index contributed by atoms with van der Waals surface area (Å²) in [6.45, 7) is 4.80. The number of nitrogens with zero attached hydrogens (tertiary/aromatic N) is 2. The largest absolute Gasteiger partial charge is 0.495 e. The van der Waals surface area contributed by atoms with Gasteiger partial charge in [0.1, 0.15) is 18.3 Å². The van der Waals surface area contributed by atoms with Gasteiger partial charge in [-0.25, -0.2) is 8.42 Å². The van der Waals surface area contributed by atoms with Crippen molar-refractivity contribution in [2.45, 2.75) is 50.2 Å². The molecule has 1 N–H and O–H groups in total. The van der Waals surface area contributed by atoms with Gasteiger partial charge in [0.15, 0.2) is 11.5 Å². The van der Waals surface area contributed by atoms with E-state index in [0.29, 0.717) is 16.3 Å². The highest BCUT2D eigenvalue weighted by Crippen LogP contribution is 2.37. The van der Waals surface area contributed by atoms with Crippen molar-refractivity contribution >= 4 is 50.7 Å². The quantitative estimate of drug-likeness (QED) is 0.152. The molecule has 4 rings (SSSR count). The van der Waals surface area contributed by atoms with Gasteiger partial charge in [0.05, 0.1) is 31.9 Å². The minimum absolute atomic E-state index is 0.0216. The minimum atomic E-state index is -4.51. The van der Waals surface area contributed by atoms with Crippen LogP contribution < -0.4 is 23.8 Å². The van der Waals surface area contributed by atoms with Crippen LogP contribution in [0.15, 0.2) is 95.9 Å². The van der Waals surface area contributed by atoms with Gasteiger partial charge in [-0.05, 0) is 74.4 Å². The number of carbonyl (C=O) groups excluding carboxylic acids is 2. The lowest BCUT2D eigenvalue weighted by Gasteiger charge is -2.35. The lowest BCUT2D eigenvalue weighted by atomic mass is 10.0. The van der Waals surface area contributed by atoms with Crippen LogP contribution in [0, 0.1) is 0 Å². The standard InChI is InChI=1S/C37H41Cl2N3O7S/c1-37(2,3)40-36(44)31(20-25-10-8-7-9-11-25)41(23-26-12-14-27(38)15-13-26)35(43)24-42(30-21-28(39)16-18-32(30)47-4)50(45,46)29-17-19-33(48-5)34(22-29)49-6/h7-19,21-22,31H,20,23-24H2,1-6H3,(H,40,44)/t31-/m1/s1. The molecule has 0 saturated heterocycles. The van der Waals surface area contributed by atoms with Crippen LogP contribution in [0.3, 0.4) is 0 Å². The Hall–Kier alpha value is -4.45. The van der Waals surface area contributed by atoms with Crippen molar-refractivity contribution in [2.75, 3.05) is 32.2 Å². The second-order valence-electron chi connectivity index (χ2n) is 12.4. The Labute approximate surface area is 303 Å². The zero-order valence-electron chi connectivity index (χ0n) is 28.8. The Balaban J connectivity index is 1.89. The maximum atomic E-state index is 14.8. The molecular weight excluding hydrogens is 701 g/mol.